The minimum atomic E-state index is 0.739. The van der Waals surface area contributed by atoms with Crippen LogP contribution in [0.5, 0.6) is 0 Å². The van der Waals surface area contributed by atoms with E-state index in [0.717, 1.165) is 37.9 Å². The highest BCUT2D eigenvalue weighted by molar-refractivity contribution is 4.87. The number of H-pyrrole nitrogens is 1. The Morgan fingerprint density at radius 1 is 1.50 bits per heavy atom. The van der Waals surface area contributed by atoms with E-state index in [1.54, 1.807) is 0 Å². The van der Waals surface area contributed by atoms with E-state index in [0.29, 0.717) is 0 Å². The first-order chi connectivity index (χ1) is 6.88. The van der Waals surface area contributed by atoms with Crippen LogP contribution < -0.4 is 5.73 Å². The first-order valence-corrected chi connectivity index (χ1v) is 5.29. The fourth-order valence-corrected chi connectivity index (χ4v) is 1.98. The summed E-state index contributed by atoms with van der Waals surface area (Å²) < 4.78 is 0. The van der Waals surface area contributed by atoms with Crippen LogP contribution in [0.2, 0.25) is 0 Å². The fourth-order valence-electron chi connectivity index (χ4n) is 1.98. The number of nitrogens with zero attached hydrogens (tertiary/aromatic N) is 2. The molecule has 1 aromatic rings. The summed E-state index contributed by atoms with van der Waals surface area (Å²) >= 11 is 0. The van der Waals surface area contributed by atoms with Gasteiger partial charge in [0.25, 0.3) is 0 Å². The molecule has 1 aliphatic heterocycles. The maximum Gasteiger partial charge on any atom is 0.120 e. The maximum absolute atomic E-state index is 5.65. The Morgan fingerprint density at radius 3 is 2.86 bits per heavy atom. The van der Waals surface area contributed by atoms with Gasteiger partial charge in [0, 0.05) is 12.4 Å². The van der Waals surface area contributed by atoms with Crippen LogP contribution in [-0.2, 0) is 6.54 Å². The smallest absolute Gasteiger partial charge is 0.120 e. The molecule has 1 fully saturated rings. The molecule has 78 valence electrons. The van der Waals surface area contributed by atoms with Crippen LogP contribution in [0, 0.1) is 5.92 Å². The van der Waals surface area contributed by atoms with Crippen molar-refractivity contribution in [3.63, 3.8) is 0 Å². The average Bonchev–Trinajstić information content (AvgIpc) is 2.72. The Balaban J connectivity index is 1.79. The molecule has 0 aromatic carbocycles. The van der Waals surface area contributed by atoms with Gasteiger partial charge in [0.05, 0.1) is 6.54 Å². The van der Waals surface area contributed by atoms with E-state index in [-0.39, 0.29) is 0 Å². The third kappa shape index (κ3) is 2.33. The molecule has 0 unspecified atom stereocenters. The quantitative estimate of drug-likeness (QED) is 0.740. The van der Waals surface area contributed by atoms with E-state index in [9.17, 15) is 0 Å². The second-order valence-corrected chi connectivity index (χ2v) is 3.99. The first-order valence-electron chi connectivity index (χ1n) is 5.29. The van der Waals surface area contributed by atoms with Crippen molar-refractivity contribution < 1.29 is 0 Å². The molecule has 4 nitrogen and oxygen atoms in total. The van der Waals surface area contributed by atoms with Gasteiger partial charge in [-0.15, -0.1) is 0 Å². The fraction of sp³-hybridized carbons (Fsp3) is 0.700. The lowest BCUT2D eigenvalue weighted by Gasteiger charge is -2.30. The Hall–Kier alpha value is -0.870. The number of nitrogens with one attached hydrogen (secondary N) is 1. The minimum absolute atomic E-state index is 0.739. The summed E-state index contributed by atoms with van der Waals surface area (Å²) in [6, 6.07) is 0. The number of aromatic amines is 1. The zero-order valence-corrected chi connectivity index (χ0v) is 8.45. The van der Waals surface area contributed by atoms with Crippen molar-refractivity contribution in [1.29, 1.82) is 0 Å². The van der Waals surface area contributed by atoms with Crippen LogP contribution in [0.3, 0.4) is 0 Å². The van der Waals surface area contributed by atoms with Gasteiger partial charge in [-0.05, 0) is 38.4 Å². The number of imidazole rings is 1. The molecular formula is C10H18N4. The second kappa shape index (κ2) is 4.57. The van der Waals surface area contributed by atoms with Crippen LogP contribution in [0.25, 0.3) is 0 Å². The van der Waals surface area contributed by atoms with Gasteiger partial charge in [0.2, 0.25) is 0 Å². The Kier molecular flexibility index (Phi) is 3.16. The Morgan fingerprint density at radius 2 is 2.29 bits per heavy atom. The molecular weight excluding hydrogens is 176 g/mol. The van der Waals surface area contributed by atoms with Crippen LogP contribution in [-0.4, -0.2) is 34.5 Å². The lowest BCUT2D eigenvalue weighted by molar-refractivity contribution is 0.177. The molecule has 3 N–H and O–H groups in total. The van der Waals surface area contributed by atoms with E-state index in [4.69, 9.17) is 5.73 Å². The normalized spacial score (nSPS) is 20.1. The summed E-state index contributed by atoms with van der Waals surface area (Å²) in [5, 5.41) is 0. The van der Waals surface area contributed by atoms with Gasteiger partial charge < -0.3 is 10.7 Å². The van der Waals surface area contributed by atoms with Crippen LogP contribution in [0.1, 0.15) is 18.7 Å². The van der Waals surface area contributed by atoms with Gasteiger partial charge in [0.1, 0.15) is 5.82 Å². The molecule has 1 aliphatic rings. The van der Waals surface area contributed by atoms with E-state index in [1.165, 1.54) is 12.8 Å². The highest BCUT2D eigenvalue weighted by Gasteiger charge is 2.18. The third-order valence-corrected chi connectivity index (χ3v) is 2.97. The summed E-state index contributed by atoms with van der Waals surface area (Å²) in [5.41, 5.74) is 5.65. The van der Waals surface area contributed by atoms with Gasteiger partial charge in [0.15, 0.2) is 0 Å². The van der Waals surface area contributed by atoms with Crippen LogP contribution in [0.15, 0.2) is 12.4 Å². The maximum atomic E-state index is 5.65. The Labute approximate surface area is 84.5 Å². The van der Waals surface area contributed by atoms with E-state index >= 15 is 0 Å². The number of nitrogens with two attached hydrogens (primary N) is 1. The van der Waals surface area contributed by atoms with Gasteiger partial charge >= 0.3 is 0 Å². The molecule has 0 radical (unpaired) electrons. The largest absolute Gasteiger partial charge is 0.348 e. The summed E-state index contributed by atoms with van der Waals surface area (Å²) in [5.74, 6) is 1.80. The predicted octanol–water partition coefficient (Wildman–Crippen LogP) is 0.580. The number of aromatic nitrogens is 2. The predicted molar refractivity (Wildman–Crippen MR) is 55.6 cm³/mol. The van der Waals surface area contributed by atoms with Crippen LogP contribution >= 0.6 is 0 Å². The average molecular weight is 194 g/mol. The lowest BCUT2D eigenvalue weighted by Crippen LogP contribution is -2.35. The minimum Gasteiger partial charge on any atom is -0.348 e. The molecule has 2 heterocycles. The van der Waals surface area contributed by atoms with Crippen molar-refractivity contribution in [2.75, 3.05) is 19.6 Å². The van der Waals surface area contributed by atoms with Crippen molar-refractivity contribution in [1.82, 2.24) is 14.9 Å². The third-order valence-electron chi connectivity index (χ3n) is 2.97. The van der Waals surface area contributed by atoms with E-state index in [1.807, 2.05) is 12.4 Å². The number of likely N-dealkylation sites (tertiary alicyclic amines) is 1. The van der Waals surface area contributed by atoms with Crippen molar-refractivity contribution in [2.24, 2.45) is 11.7 Å². The summed E-state index contributed by atoms with van der Waals surface area (Å²) in [6.07, 6.45) is 6.15. The topological polar surface area (TPSA) is 57.9 Å². The molecule has 0 amide bonds. The van der Waals surface area contributed by atoms with E-state index in [2.05, 4.69) is 14.9 Å². The van der Waals surface area contributed by atoms with Gasteiger partial charge in [-0.2, -0.15) is 0 Å². The number of rotatable bonds is 3. The molecule has 14 heavy (non-hydrogen) atoms. The molecule has 2 rings (SSSR count). The number of hydrogen-bond donors (Lipinski definition) is 2. The lowest BCUT2D eigenvalue weighted by atomic mass is 9.97. The molecule has 0 bridgehead atoms. The molecule has 4 heteroatoms. The van der Waals surface area contributed by atoms with Crippen molar-refractivity contribution in [2.45, 2.75) is 19.4 Å². The standard InChI is InChI=1S/C10H18N4/c11-7-9-1-5-14(6-2-9)8-10-12-3-4-13-10/h3-4,9H,1-2,5-8,11H2,(H,12,13). The number of piperidine rings is 1. The monoisotopic (exact) mass is 194 g/mol. The van der Waals surface area contributed by atoms with E-state index < -0.39 is 0 Å². The summed E-state index contributed by atoms with van der Waals surface area (Å²) in [6.45, 7) is 4.10. The first kappa shape index (κ1) is 9.68. The number of hydrogen-bond acceptors (Lipinski definition) is 3. The van der Waals surface area contributed by atoms with Gasteiger partial charge in [-0.25, -0.2) is 4.98 Å². The second-order valence-electron chi connectivity index (χ2n) is 3.99. The molecule has 0 aliphatic carbocycles. The van der Waals surface area contributed by atoms with Crippen molar-refractivity contribution >= 4 is 0 Å². The summed E-state index contributed by atoms with van der Waals surface area (Å²) in [7, 11) is 0. The van der Waals surface area contributed by atoms with Crippen molar-refractivity contribution in [3.8, 4) is 0 Å². The highest BCUT2D eigenvalue weighted by Crippen LogP contribution is 2.16. The molecule has 1 saturated heterocycles. The van der Waals surface area contributed by atoms with Gasteiger partial charge in [-0.3, -0.25) is 4.90 Å². The van der Waals surface area contributed by atoms with Crippen LogP contribution in [0.4, 0.5) is 0 Å². The molecule has 0 atom stereocenters. The zero-order chi connectivity index (χ0) is 9.80. The zero-order valence-electron chi connectivity index (χ0n) is 8.45. The van der Waals surface area contributed by atoms with Crippen molar-refractivity contribution in [3.05, 3.63) is 18.2 Å². The highest BCUT2D eigenvalue weighted by atomic mass is 15.1. The summed E-state index contributed by atoms with van der Waals surface area (Å²) in [4.78, 5) is 9.80. The SMILES string of the molecule is NCC1CCN(Cc2ncc[nH]2)CC1. The molecule has 0 spiro atoms. The molecule has 1 aromatic heterocycles. The molecule has 0 saturated carbocycles. The Bertz CT molecular complexity index is 249. The van der Waals surface area contributed by atoms with Gasteiger partial charge in [-0.1, -0.05) is 0 Å².